The molecule has 0 saturated carbocycles. The van der Waals surface area contributed by atoms with Gasteiger partial charge in [-0.25, -0.2) is 4.79 Å². The third-order valence-electron chi connectivity index (χ3n) is 2.26. The lowest BCUT2D eigenvalue weighted by atomic mass is 10.0. The summed E-state index contributed by atoms with van der Waals surface area (Å²) >= 11 is 0. The summed E-state index contributed by atoms with van der Waals surface area (Å²) < 4.78 is 4.52. The Labute approximate surface area is 93.9 Å². The molecule has 0 radical (unpaired) electrons. The van der Waals surface area contributed by atoms with Crippen molar-refractivity contribution in [2.24, 2.45) is 0 Å². The zero-order chi connectivity index (χ0) is 12.1. The first-order chi connectivity index (χ1) is 7.58. The predicted molar refractivity (Wildman–Crippen MR) is 58.4 cm³/mol. The van der Waals surface area contributed by atoms with Gasteiger partial charge in [0.15, 0.2) is 0 Å². The van der Waals surface area contributed by atoms with Gasteiger partial charge >= 0.3 is 5.97 Å². The average Bonchev–Trinajstić information content (AvgIpc) is 2.30. The molecule has 4 heteroatoms. The predicted octanol–water partition coefficient (Wildman–Crippen LogP) is 1.70. The van der Waals surface area contributed by atoms with E-state index in [1.807, 2.05) is 0 Å². The highest BCUT2D eigenvalue weighted by atomic mass is 16.5. The lowest BCUT2D eigenvalue weighted by Gasteiger charge is -2.05. The molecule has 0 bridgehead atoms. The number of ether oxygens (including phenoxy) is 1. The van der Waals surface area contributed by atoms with Crippen LogP contribution in [0.4, 0.5) is 0 Å². The Kier molecular flexibility index (Phi) is 4.05. The van der Waals surface area contributed by atoms with Crippen LogP contribution in [0, 0.1) is 0 Å². The number of phenols is 1. The number of hydrogen-bond acceptors (Lipinski definition) is 4. The summed E-state index contributed by atoms with van der Waals surface area (Å²) in [7, 11) is 1.24. The summed E-state index contributed by atoms with van der Waals surface area (Å²) in [6.07, 6.45) is 0.717. The molecule has 86 valence electrons. The van der Waals surface area contributed by atoms with E-state index in [9.17, 15) is 14.7 Å². The first kappa shape index (κ1) is 12.2. The first-order valence-electron chi connectivity index (χ1n) is 5.00. The fraction of sp³-hybridized carbons (Fsp3) is 0.333. The summed E-state index contributed by atoms with van der Waals surface area (Å²) in [5.74, 6) is -0.663. The van der Waals surface area contributed by atoms with E-state index in [0.29, 0.717) is 12.0 Å². The summed E-state index contributed by atoms with van der Waals surface area (Å²) in [6.45, 7) is 1.78. The van der Waals surface area contributed by atoms with E-state index in [2.05, 4.69) is 4.74 Å². The van der Waals surface area contributed by atoms with Gasteiger partial charge in [-0.05, 0) is 17.7 Å². The van der Waals surface area contributed by atoms with Gasteiger partial charge in [-0.2, -0.15) is 0 Å². The van der Waals surface area contributed by atoms with Gasteiger partial charge < -0.3 is 9.84 Å². The second-order valence-corrected chi connectivity index (χ2v) is 3.41. The van der Waals surface area contributed by atoms with Crippen LogP contribution in [0.25, 0.3) is 0 Å². The van der Waals surface area contributed by atoms with Crippen LogP contribution >= 0.6 is 0 Å². The van der Waals surface area contributed by atoms with Crippen LogP contribution < -0.4 is 0 Å². The number of methoxy groups -OCH3 is 1. The molecule has 0 heterocycles. The van der Waals surface area contributed by atoms with E-state index in [1.165, 1.54) is 19.2 Å². The Hall–Kier alpha value is -1.84. The van der Waals surface area contributed by atoms with Crippen LogP contribution in [0.15, 0.2) is 18.2 Å². The summed E-state index contributed by atoms with van der Waals surface area (Å²) in [5.41, 5.74) is 0.786. The number of aromatic hydroxyl groups is 1. The van der Waals surface area contributed by atoms with Crippen molar-refractivity contribution >= 4 is 11.8 Å². The molecule has 0 fully saturated rings. The molecular weight excluding hydrogens is 208 g/mol. The molecule has 0 aliphatic heterocycles. The highest BCUT2D eigenvalue weighted by Gasteiger charge is 2.12. The quantitative estimate of drug-likeness (QED) is 0.787. The smallest absolute Gasteiger partial charge is 0.341 e. The van der Waals surface area contributed by atoms with Crippen molar-refractivity contribution in [3.8, 4) is 5.75 Å². The van der Waals surface area contributed by atoms with E-state index in [1.54, 1.807) is 13.0 Å². The highest BCUT2D eigenvalue weighted by molar-refractivity contribution is 5.93. The van der Waals surface area contributed by atoms with Gasteiger partial charge in [0.1, 0.15) is 17.1 Å². The Balaban J connectivity index is 2.98. The number of ketones is 1. The molecule has 0 spiro atoms. The standard InChI is InChI=1S/C12H14O4/c1-3-9(13)6-8-4-5-11(14)10(7-8)12(15)16-2/h4-5,7,14H,3,6H2,1-2H3. The Morgan fingerprint density at radius 3 is 2.62 bits per heavy atom. The average molecular weight is 222 g/mol. The summed E-state index contributed by atoms with van der Waals surface area (Å²) in [4.78, 5) is 22.5. The number of esters is 1. The van der Waals surface area contributed by atoms with Crippen LogP contribution in [-0.2, 0) is 16.0 Å². The topological polar surface area (TPSA) is 63.6 Å². The van der Waals surface area contributed by atoms with Crippen LogP contribution in [0.2, 0.25) is 0 Å². The molecule has 1 N–H and O–H groups in total. The van der Waals surface area contributed by atoms with E-state index in [0.717, 1.165) is 0 Å². The normalized spacial score (nSPS) is 9.88. The number of rotatable bonds is 4. The van der Waals surface area contributed by atoms with Crippen LogP contribution in [-0.4, -0.2) is 24.0 Å². The summed E-state index contributed by atoms with van der Waals surface area (Å²) in [6, 6.07) is 4.49. The van der Waals surface area contributed by atoms with Crippen molar-refractivity contribution in [1.29, 1.82) is 0 Å². The summed E-state index contributed by atoms with van der Waals surface area (Å²) in [5, 5.41) is 9.44. The molecule has 0 amide bonds. The van der Waals surface area contributed by atoms with Gasteiger partial charge in [-0.1, -0.05) is 13.0 Å². The maximum Gasteiger partial charge on any atom is 0.341 e. The molecule has 0 aromatic heterocycles. The minimum atomic E-state index is -0.608. The first-order valence-corrected chi connectivity index (χ1v) is 5.00. The number of benzene rings is 1. The maximum absolute atomic E-state index is 11.3. The fourth-order valence-electron chi connectivity index (χ4n) is 1.32. The molecule has 16 heavy (non-hydrogen) atoms. The molecule has 4 nitrogen and oxygen atoms in total. The lowest BCUT2D eigenvalue weighted by molar-refractivity contribution is -0.118. The van der Waals surface area contributed by atoms with Gasteiger partial charge in [-0.15, -0.1) is 0 Å². The van der Waals surface area contributed by atoms with Crippen LogP contribution in [0.3, 0.4) is 0 Å². The Bertz CT molecular complexity index is 409. The molecular formula is C12H14O4. The van der Waals surface area contributed by atoms with Crippen LogP contribution in [0.5, 0.6) is 5.75 Å². The largest absolute Gasteiger partial charge is 0.507 e. The van der Waals surface area contributed by atoms with Gasteiger partial charge in [0, 0.05) is 12.8 Å². The Morgan fingerprint density at radius 1 is 1.38 bits per heavy atom. The molecule has 1 rings (SSSR count). The zero-order valence-corrected chi connectivity index (χ0v) is 9.32. The number of carbonyl (C=O) groups is 2. The second-order valence-electron chi connectivity index (χ2n) is 3.41. The van der Waals surface area contributed by atoms with Gasteiger partial charge in [-0.3, -0.25) is 4.79 Å². The molecule has 0 aliphatic rings. The van der Waals surface area contributed by atoms with E-state index in [4.69, 9.17) is 0 Å². The van der Waals surface area contributed by atoms with Crippen molar-refractivity contribution < 1.29 is 19.4 Å². The van der Waals surface area contributed by atoms with Crippen molar-refractivity contribution in [1.82, 2.24) is 0 Å². The van der Waals surface area contributed by atoms with Gasteiger partial charge in [0.2, 0.25) is 0 Å². The van der Waals surface area contributed by atoms with Gasteiger partial charge in [0.05, 0.1) is 7.11 Å². The molecule has 1 aromatic carbocycles. The highest BCUT2D eigenvalue weighted by Crippen LogP contribution is 2.19. The molecule has 0 aliphatic carbocycles. The minimum Gasteiger partial charge on any atom is -0.507 e. The zero-order valence-electron chi connectivity index (χ0n) is 9.32. The minimum absolute atomic E-state index is 0.0847. The third kappa shape index (κ3) is 2.82. The van der Waals surface area contributed by atoms with Crippen LogP contribution in [0.1, 0.15) is 29.3 Å². The molecule has 1 aromatic rings. The SMILES string of the molecule is CCC(=O)Cc1ccc(O)c(C(=O)OC)c1. The number of Topliss-reactive ketones (excluding diaryl/α,β-unsaturated/α-hetero) is 1. The van der Waals surface area contributed by atoms with E-state index < -0.39 is 5.97 Å². The molecule has 0 unspecified atom stereocenters. The lowest BCUT2D eigenvalue weighted by Crippen LogP contribution is -2.05. The fourth-order valence-corrected chi connectivity index (χ4v) is 1.32. The second kappa shape index (κ2) is 5.30. The molecule has 0 saturated heterocycles. The van der Waals surface area contributed by atoms with E-state index in [-0.39, 0.29) is 23.5 Å². The van der Waals surface area contributed by atoms with Gasteiger partial charge in [0.25, 0.3) is 0 Å². The number of hydrogen-bond donors (Lipinski definition) is 1. The van der Waals surface area contributed by atoms with Crippen molar-refractivity contribution in [3.63, 3.8) is 0 Å². The molecule has 0 atom stereocenters. The number of phenolic OH excluding ortho intramolecular Hbond substituents is 1. The third-order valence-corrected chi connectivity index (χ3v) is 2.26. The van der Waals surface area contributed by atoms with Crippen molar-refractivity contribution in [2.45, 2.75) is 19.8 Å². The van der Waals surface area contributed by atoms with Crippen molar-refractivity contribution in [3.05, 3.63) is 29.3 Å². The maximum atomic E-state index is 11.3. The van der Waals surface area contributed by atoms with Crippen molar-refractivity contribution in [2.75, 3.05) is 7.11 Å². The number of carbonyl (C=O) groups excluding carboxylic acids is 2. The Morgan fingerprint density at radius 2 is 2.06 bits per heavy atom. The van der Waals surface area contributed by atoms with E-state index >= 15 is 0 Å². The monoisotopic (exact) mass is 222 g/mol.